The van der Waals surface area contributed by atoms with Crippen molar-refractivity contribution in [1.29, 1.82) is 0 Å². The molecular weight excluding hydrogens is 251 g/mol. The molecule has 0 bridgehead atoms. The highest BCUT2D eigenvalue weighted by Gasteiger charge is 2.04. The van der Waals surface area contributed by atoms with Gasteiger partial charge in [-0.3, -0.25) is 0 Å². The lowest BCUT2D eigenvalue weighted by Crippen LogP contribution is -2.29. The Bertz CT molecular complexity index is 369. The van der Waals surface area contributed by atoms with E-state index in [0.717, 1.165) is 19.5 Å². The normalized spacial score (nSPS) is 11.5. The number of rotatable bonds is 7. The highest BCUT2D eigenvalue weighted by Crippen LogP contribution is 2.14. The van der Waals surface area contributed by atoms with Crippen LogP contribution in [-0.2, 0) is 6.54 Å². The Kier molecular flexibility index (Phi) is 6.61. The van der Waals surface area contributed by atoms with Crippen LogP contribution in [0.4, 0.5) is 4.39 Å². The fraction of sp³-hybridized carbons (Fsp3) is 0.571. The number of hydrogen-bond donors (Lipinski definition) is 1. The Morgan fingerprint density at radius 1 is 1.39 bits per heavy atom. The van der Waals surface area contributed by atoms with E-state index in [4.69, 9.17) is 11.6 Å². The van der Waals surface area contributed by atoms with Gasteiger partial charge in [0.25, 0.3) is 0 Å². The van der Waals surface area contributed by atoms with Crippen molar-refractivity contribution >= 4 is 11.6 Å². The lowest BCUT2D eigenvalue weighted by molar-refractivity contribution is 0.269. The second kappa shape index (κ2) is 7.72. The zero-order valence-corrected chi connectivity index (χ0v) is 12.1. The fourth-order valence-corrected chi connectivity index (χ4v) is 1.81. The Morgan fingerprint density at radius 2 is 2.11 bits per heavy atom. The molecule has 0 amide bonds. The smallest absolute Gasteiger partial charge is 0.127 e. The van der Waals surface area contributed by atoms with E-state index in [2.05, 4.69) is 31.1 Å². The standard InChI is InChI=1S/C14H22ClFN2/c1-11(2)18(3)8-4-7-17-10-12-9-13(15)5-6-14(12)16/h5-6,9,11,17H,4,7-8,10H2,1-3H3. The number of hydrogen-bond acceptors (Lipinski definition) is 2. The van der Waals surface area contributed by atoms with E-state index < -0.39 is 0 Å². The summed E-state index contributed by atoms with van der Waals surface area (Å²) in [5, 5.41) is 3.82. The molecule has 0 radical (unpaired) electrons. The minimum absolute atomic E-state index is 0.203. The van der Waals surface area contributed by atoms with Crippen LogP contribution in [0.1, 0.15) is 25.8 Å². The molecular formula is C14H22ClFN2. The maximum atomic E-state index is 13.4. The van der Waals surface area contributed by atoms with E-state index in [1.807, 2.05) is 0 Å². The summed E-state index contributed by atoms with van der Waals surface area (Å²) < 4.78 is 13.4. The van der Waals surface area contributed by atoms with Gasteiger partial charge in [-0.2, -0.15) is 0 Å². The molecule has 0 spiro atoms. The van der Waals surface area contributed by atoms with Crippen molar-refractivity contribution in [3.8, 4) is 0 Å². The van der Waals surface area contributed by atoms with Crippen molar-refractivity contribution in [3.05, 3.63) is 34.6 Å². The summed E-state index contributed by atoms with van der Waals surface area (Å²) in [6, 6.07) is 5.21. The topological polar surface area (TPSA) is 15.3 Å². The van der Waals surface area contributed by atoms with Crippen LogP contribution in [0.2, 0.25) is 5.02 Å². The van der Waals surface area contributed by atoms with Crippen molar-refractivity contribution in [1.82, 2.24) is 10.2 Å². The van der Waals surface area contributed by atoms with E-state index in [1.165, 1.54) is 6.07 Å². The summed E-state index contributed by atoms with van der Waals surface area (Å²) in [6.45, 7) is 6.80. The van der Waals surface area contributed by atoms with Crippen molar-refractivity contribution < 1.29 is 4.39 Å². The molecule has 1 N–H and O–H groups in total. The number of nitrogens with one attached hydrogen (secondary N) is 1. The molecule has 0 unspecified atom stereocenters. The minimum atomic E-state index is -0.203. The van der Waals surface area contributed by atoms with E-state index in [-0.39, 0.29) is 5.82 Å². The van der Waals surface area contributed by atoms with Gasteiger partial charge in [0.05, 0.1) is 0 Å². The van der Waals surface area contributed by atoms with E-state index in [9.17, 15) is 4.39 Å². The van der Waals surface area contributed by atoms with Crippen molar-refractivity contribution in [2.45, 2.75) is 32.9 Å². The molecule has 0 aromatic heterocycles. The first kappa shape index (κ1) is 15.4. The molecule has 0 heterocycles. The Labute approximate surface area is 114 Å². The zero-order chi connectivity index (χ0) is 13.5. The first-order chi connectivity index (χ1) is 8.50. The third kappa shape index (κ3) is 5.34. The summed E-state index contributed by atoms with van der Waals surface area (Å²) in [4.78, 5) is 2.29. The van der Waals surface area contributed by atoms with E-state index in [0.29, 0.717) is 23.2 Å². The molecule has 0 saturated heterocycles. The average molecular weight is 273 g/mol. The molecule has 0 aliphatic heterocycles. The molecule has 1 aromatic rings. The Morgan fingerprint density at radius 3 is 2.78 bits per heavy atom. The van der Waals surface area contributed by atoms with Crippen molar-refractivity contribution in [2.75, 3.05) is 20.1 Å². The van der Waals surface area contributed by atoms with Crippen LogP contribution < -0.4 is 5.32 Å². The zero-order valence-electron chi connectivity index (χ0n) is 11.3. The maximum Gasteiger partial charge on any atom is 0.127 e. The van der Waals surface area contributed by atoms with Gasteiger partial charge >= 0.3 is 0 Å². The van der Waals surface area contributed by atoms with Gasteiger partial charge in [0.1, 0.15) is 5.82 Å². The predicted molar refractivity (Wildman–Crippen MR) is 75.5 cm³/mol. The van der Waals surface area contributed by atoms with Gasteiger partial charge in [0.15, 0.2) is 0 Å². The third-order valence-corrected chi connectivity index (χ3v) is 3.30. The summed E-state index contributed by atoms with van der Waals surface area (Å²) in [5.74, 6) is -0.203. The van der Waals surface area contributed by atoms with Gasteiger partial charge in [0, 0.05) is 23.2 Å². The summed E-state index contributed by atoms with van der Waals surface area (Å²) in [7, 11) is 2.11. The quantitative estimate of drug-likeness (QED) is 0.766. The first-order valence-electron chi connectivity index (χ1n) is 6.35. The highest BCUT2D eigenvalue weighted by molar-refractivity contribution is 6.30. The second-order valence-corrected chi connectivity index (χ2v) is 5.28. The first-order valence-corrected chi connectivity index (χ1v) is 6.73. The molecule has 102 valence electrons. The van der Waals surface area contributed by atoms with Crippen LogP contribution in [0.25, 0.3) is 0 Å². The summed E-state index contributed by atoms with van der Waals surface area (Å²) in [6.07, 6.45) is 1.05. The van der Waals surface area contributed by atoms with Crippen LogP contribution >= 0.6 is 11.6 Å². The summed E-state index contributed by atoms with van der Waals surface area (Å²) >= 11 is 5.83. The van der Waals surface area contributed by atoms with Gasteiger partial charge in [-0.15, -0.1) is 0 Å². The number of nitrogens with zero attached hydrogens (tertiary/aromatic N) is 1. The Balaban J connectivity index is 2.24. The minimum Gasteiger partial charge on any atom is -0.313 e. The molecule has 1 rings (SSSR count). The van der Waals surface area contributed by atoms with Crippen LogP contribution in [0.3, 0.4) is 0 Å². The third-order valence-electron chi connectivity index (χ3n) is 3.07. The molecule has 0 atom stereocenters. The monoisotopic (exact) mass is 272 g/mol. The van der Waals surface area contributed by atoms with Crippen molar-refractivity contribution in [2.24, 2.45) is 0 Å². The molecule has 4 heteroatoms. The lowest BCUT2D eigenvalue weighted by Gasteiger charge is -2.20. The van der Waals surface area contributed by atoms with Gasteiger partial charge < -0.3 is 10.2 Å². The molecule has 0 aliphatic carbocycles. The van der Waals surface area contributed by atoms with E-state index in [1.54, 1.807) is 12.1 Å². The van der Waals surface area contributed by atoms with Crippen LogP contribution in [0, 0.1) is 5.82 Å². The molecule has 2 nitrogen and oxygen atoms in total. The average Bonchev–Trinajstić information content (AvgIpc) is 2.32. The fourth-order valence-electron chi connectivity index (χ4n) is 1.61. The Hall–Kier alpha value is -0.640. The maximum absolute atomic E-state index is 13.4. The molecule has 1 aromatic carbocycles. The molecule has 18 heavy (non-hydrogen) atoms. The number of halogens is 2. The van der Waals surface area contributed by atoms with Gasteiger partial charge in [-0.25, -0.2) is 4.39 Å². The van der Waals surface area contributed by atoms with Gasteiger partial charge in [0.2, 0.25) is 0 Å². The predicted octanol–water partition coefficient (Wildman–Crippen LogP) is 3.30. The van der Waals surface area contributed by atoms with Crippen molar-refractivity contribution in [3.63, 3.8) is 0 Å². The SMILES string of the molecule is CC(C)N(C)CCCNCc1cc(Cl)ccc1F. The molecule has 0 aliphatic rings. The molecule has 0 saturated carbocycles. The van der Waals surface area contributed by atoms with Crippen LogP contribution in [0.5, 0.6) is 0 Å². The summed E-state index contributed by atoms with van der Waals surface area (Å²) in [5.41, 5.74) is 0.625. The van der Waals surface area contributed by atoms with E-state index >= 15 is 0 Å². The molecule has 0 fully saturated rings. The highest BCUT2D eigenvalue weighted by atomic mass is 35.5. The van der Waals surface area contributed by atoms with Crippen LogP contribution in [-0.4, -0.2) is 31.1 Å². The lowest BCUT2D eigenvalue weighted by atomic mass is 10.2. The number of benzene rings is 1. The van der Waals surface area contributed by atoms with Gasteiger partial charge in [-0.05, 0) is 58.6 Å². The van der Waals surface area contributed by atoms with Crippen LogP contribution in [0.15, 0.2) is 18.2 Å². The van der Waals surface area contributed by atoms with Gasteiger partial charge in [-0.1, -0.05) is 11.6 Å². The second-order valence-electron chi connectivity index (χ2n) is 4.84. The largest absolute Gasteiger partial charge is 0.313 e.